The summed E-state index contributed by atoms with van der Waals surface area (Å²) in [6, 6.07) is 12.4. The van der Waals surface area contributed by atoms with E-state index in [-0.39, 0.29) is 16.4 Å². The topological polar surface area (TPSA) is 81.9 Å². The van der Waals surface area contributed by atoms with Crippen LogP contribution in [-0.4, -0.2) is 22.3 Å². The van der Waals surface area contributed by atoms with Crippen LogP contribution in [0.4, 0.5) is 0 Å². The third-order valence-corrected chi connectivity index (χ3v) is 4.49. The Labute approximate surface area is 136 Å². The van der Waals surface area contributed by atoms with Gasteiger partial charge in [-0.2, -0.15) is 5.10 Å². The lowest BCUT2D eigenvalue weighted by Gasteiger charge is -2.00. The number of carbonyl (C=O) groups excluding carboxylic acids is 1. The first-order chi connectivity index (χ1) is 11.1. The minimum absolute atomic E-state index is 0.0449. The monoisotopic (exact) mass is 326 g/mol. The van der Waals surface area contributed by atoms with E-state index < -0.39 is 5.91 Å². The number of thiophene rings is 1. The molecule has 3 aromatic rings. The number of fused-ring (bicyclic) bond motifs is 1. The normalized spacial score (nSPS) is 11.2. The molecule has 3 rings (SSSR count). The van der Waals surface area contributed by atoms with E-state index in [1.54, 1.807) is 24.3 Å². The van der Waals surface area contributed by atoms with Crippen LogP contribution in [0.1, 0.15) is 20.8 Å². The molecule has 0 radical (unpaired) electrons. The molecule has 0 unspecified atom stereocenters. The predicted molar refractivity (Wildman–Crippen MR) is 91.4 cm³/mol. The summed E-state index contributed by atoms with van der Waals surface area (Å²) in [5, 5.41) is 24.4. The highest BCUT2D eigenvalue weighted by atomic mass is 32.1. The Balaban J connectivity index is 1.78. The van der Waals surface area contributed by atoms with E-state index in [0.29, 0.717) is 10.9 Å². The molecule has 0 bridgehead atoms. The number of hydrogen-bond acceptors (Lipinski definition) is 5. The molecule has 0 aliphatic carbocycles. The van der Waals surface area contributed by atoms with Gasteiger partial charge in [0.25, 0.3) is 5.91 Å². The van der Waals surface area contributed by atoms with Crippen LogP contribution in [0.2, 0.25) is 0 Å². The fraction of sp³-hybridized carbons (Fsp3) is 0.0588. The molecule has 5 nitrogen and oxygen atoms in total. The molecule has 0 saturated carbocycles. The van der Waals surface area contributed by atoms with Crippen LogP contribution in [-0.2, 0) is 0 Å². The molecular formula is C17H14N2O3S. The second kappa shape index (κ2) is 6.10. The van der Waals surface area contributed by atoms with Gasteiger partial charge in [-0.15, -0.1) is 11.3 Å². The largest absolute Gasteiger partial charge is 0.507 e. The van der Waals surface area contributed by atoms with Gasteiger partial charge in [0.15, 0.2) is 0 Å². The summed E-state index contributed by atoms with van der Waals surface area (Å²) in [4.78, 5) is 12.3. The fourth-order valence-corrected chi connectivity index (χ4v) is 3.15. The van der Waals surface area contributed by atoms with Crippen LogP contribution in [0.3, 0.4) is 0 Å². The summed E-state index contributed by atoms with van der Waals surface area (Å²) in [6.45, 7) is 1.87. The summed E-state index contributed by atoms with van der Waals surface area (Å²) in [6.07, 6.45) is 1.36. The molecule has 0 spiro atoms. The Morgan fingerprint density at radius 2 is 2.00 bits per heavy atom. The lowest BCUT2D eigenvalue weighted by Crippen LogP contribution is -2.16. The van der Waals surface area contributed by atoms with Crippen LogP contribution in [0.25, 0.3) is 10.1 Å². The van der Waals surface area contributed by atoms with Crippen LogP contribution in [0, 0.1) is 6.92 Å². The van der Waals surface area contributed by atoms with Gasteiger partial charge >= 0.3 is 0 Å². The van der Waals surface area contributed by atoms with Crippen molar-refractivity contribution in [3.05, 3.63) is 58.5 Å². The van der Waals surface area contributed by atoms with Crippen molar-refractivity contribution in [3.63, 3.8) is 0 Å². The number of nitrogens with zero attached hydrogens (tertiary/aromatic N) is 1. The van der Waals surface area contributed by atoms with E-state index in [2.05, 4.69) is 10.5 Å². The fourth-order valence-electron chi connectivity index (χ4n) is 2.16. The van der Waals surface area contributed by atoms with Crippen molar-refractivity contribution in [2.75, 3.05) is 0 Å². The van der Waals surface area contributed by atoms with Gasteiger partial charge in [0.2, 0.25) is 0 Å². The number of hydrazone groups is 1. The molecule has 0 aliphatic rings. The number of phenols is 1. The van der Waals surface area contributed by atoms with Crippen molar-refractivity contribution in [1.82, 2.24) is 5.43 Å². The van der Waals surface area contributed by atoms with Crippen LogP contribution >= 0.6 is 11.3 Å². The van der Waals surface area contributed by atoms with Crippen LogP contribution < -0.4 is 5.43 Å². The predicted octanol–water partition coefficient (Wildman–Crippen LogP) is 3.38. The molecule has 1 heterocycles. The van der Waals surface area contributed by atoms with Gasteiger partial charge in [-0.25, -0.2) is 5.43 Å². The molecule has 3 N–H and O–H groups in total. The lowest BCUT2D eigenvalue weighted by molar-refractivity contribution is 0.0957. The van der Waals surface area contributed by atoms with E-state index in [4.69, 9.17) is 0 Å². The molecule has 23 heavy (non-hydrogen) atoms. The first-order valence-corrected chi connectivity index (χ1v) is 7.71. The maximum atomic E-state index is 12.1. The Bertz CT molecular complexity index is 915. The molecule has 0 aliphatic heterocycles. The van der Waals surface area contributed by atoms with E-state index in [0.717, 1.165) is 10.3 Å². The molecule has 0 atom stereocenters. The number of aromatic hydroxyl groups is 2. The van der Waals surface area contributed by atoms with Crippen LogP contribution in [0.5, 0.6) is 11.5 Å². The highest BCUT2D eigenvalue weighted by Gasteiger charge is 2.17. The zero-order valence-electron chi connectivity index (χ0n) is 12.3. The molecular weight excluding hydrogens is 312 g/mol. The molecule has 1 amide bonds. The molecule has 6 heteroatoms. The van der Waals surface area contributed by atoms with Crippen molar-refractivity contribution in [2.24, 2.45) is 5.10 Å². The van der Waals surface area contributed by atoms with Gasteiger partial charge in [-0.1, -0.05) is 18.2 Å². The van der Waals surface area contributed by atoms with E-state index in [1.807, 2.05) is 25.1 Å². The SMILES string of the molecule is Cc1ccc(C=NNC(=O)c2sc3ccccc3c2O)c(O)c1. The second-order valence-corrected chi connectivity index (χ2v) is 6.09. The second-order valence-electron chi connectivity index (χ2n) is 5.04. The summed E-state index contributed by atoms with van der Waals surface area (Å²) < 4.78 is 0.829. The Morgan fingerprint density at radius 3 is 2.74 bits per heavy atom. The number of rotatable bonds is 3. The molecule has 0 fully saturated rings. The number of nitrogens with one attached hydrogen (secondary N) is 1. The van der Waals surface area contributed by atoms with E-state index in [1.165, 1.54) is 17.6 Å². The van der Waals surface area contributed by atoms with Crippen molar-refractivity contribution < 1.29 is 15.0 Å². The van der Waals surface area contributed by atoms with Crippen LogP contribution in [0.15, 0.2) is 47.6 Å². The van der Waals surface area contributed by atoms with E-state index in [9.17, 15) is 15.0 Å². The smallest absolute Gasteiger partial charge is 0.285 e. The number of amides is 1. The average molecular weight is 326 g/mol. The zero-order chi connectivity index (χ0) is 16.4. The minimum Gasteiger partial charge on any atom is -0.507 e. The Kier molecular flexibility index (Phi) is 3.99. The van der Waals surface area contributed by atoms with Gasteiger partial charge in [0.1, 0.15) is 16.4 Å². The summed E-state index contributed by atoms with van der Waals surface area (Å²) in [5.74, 6) is -0.448. The first kappa shape index (κ1) is 15.1. The highest BCUT2D eigenvalue weighted by molar-refractivity contribution is 7.21. The van der Waals surface area contributed by atoms with Crippen molar-refractivity contribution in [2.45, 2.75) is 6.92 Å². The van der Waals surface area contributed by atoms with Crippen molar-refractivity contribution >= 4 is 33.5 Å². The standard InChI is InChI=1S/C17H14N2O3S/c1-10-6-7-11(13(20)8-10)9-18-19-17(22)16-15(21)12-4-2-3-5-14(12)23-16/h2-9,20-21H,1H3,(H,19,22). The third kappa shape index (κ3) is 3.02. The van der Waals surface area contributed by atoms with Gasteiger partial charge in [0, 0.05) is 15.6 Å². The lowest BCUT2D eigenvalue weighted by atomic mass is 10.1. The Morgan fingerprint density at radius 1 is 1.22 bits per heavy atom. The molecule has 0 saturated heterocycles. The summed E-state index contributed by atoms with van der Waals surface area (Å²) in [5.41, 5.74) is 3.79. The van der Waals surface area contributed by atoms with Gasteiger partial charge in [-0.05, 0) is 36.8 Å². The van der Waals surface area contributed by atoms with Gasteiger partial charge in [-0.3, -0.25) is 4.79 Å². The van der Waals surface area contributed by atoms with Gasteiger partial charge < -0.3 is 10.2 Å². The molecule has 1 aromatic heterocycles. The number of benzene rings is 2. The molecule has 116 valence electrons. The average Bonchev–Trinajstić information content (AvgIpc) is 2.87. The number of carbonyl (C=O) groups is 1. The molecule has 2 aromatic carbocycles. The number of hydrogen-bond donors (Lipinski definition) is 3. The summed E-state index contributed by atoms with van der Waals surface area (Å²) >= 11 is 1.20. The summed E-state index contributed by atoms with van der Waals surface area (Å²) in [7, 11) is 0. The van der Waals surface area contributed by atoms with Crippen molar-refractivity contribution in [1.29, 1.82) is 0 Å². The van der Waals surface area contributed by atoms with Crippen molar-refractivity contribution in [3.8, 4) is 11.5 Å². The van der Waals surface area contributed by atoms with Gasteiger partial charge in [0.05, 0.1) is 6.21 Å². The quantitative estimate of drug-likeness (QED) is 0.510. The Hall–Kier alpha value is -2.86. The maximum Gasteiger partial charge on any atom is 0.285 e. The maximum absolute atomic E-state index is 12.1. The van der Waals surface area contributed by atoms with E-state index >= 15 is 0 Å². The zero-order valence-corrected chi connectivity index (χ0v) is 13.1. The minimum atomic E-state index is -0.494. The number of phenolic OH excluding ortho intramolecular Hbond substituents is 1. The third-order valence-electron chi connectivity index (χ3n) is 3.33. The first-order valence-electron chi connectivity index (χ1n) is 6.90. The highest BCUT2D eigenvalue weighted by Crippen LogP contribution is 2.36. The number of aryl methyl sites for hydroxylation is 1.